The third kappa shape index (κ3) is 1.44. The quantitative estimate of drug-likeness (QED) is 0.619. The van der Waals surface area contributed by atoms with Crippen LogP contribution in [-0.2, 0) is 0 Å². The zero-order chi connectivity index (χ0) is 11.1. The van der Waals surface area contributed by atoms with Crippen molar-refractivity contribution in [2.24, 2.45) is 0 Å². The van der Waals surface area contributed by atoms with Gasteiger partial charge in [0.15, 0.2) is 5.69 Å². The lowest BCUT2D eigenvalue weighted by atomic mass is 10.1. The van der Waals surface area contributed by atoms with Crippen molar-refractivity contribution in [1.82, 2.24) is 4.98 Å². The van der Waals surface area contributed by atoms with Gasteiger partial charge in [-0.15, -0.1) is 0 Å². The summed E-state index contributed by atoms with van der Waals surface area (Å²) in [6.07, 6.45) is 2.16. The topological polar surface area (TPSA) is 19.9 Å². The maximum atomic E-state index is 3.43. The number of aryl methyl sites for hydroxylation is 2. The second-order valence-corrected chi connectivity index (χ2v) is 4.94. The number of nitrogens with one attached hydrogen (secondary N) is 1. The molecule has 2 aromatic heterocycles. The molecule has 0 atom stereocenters. The lowest BCUT2D eigenvalue weighted by Crippen LogP contribution is -2.17. The molecule has 2 heterocycles. The number of aromatic amines is 1. The van der Waals surface area contributed by atoms with Gasteiger partial charge in [-0.2, -0.15) is 4.40 Å². The number of hydrogen-bond donors (Lipinski definition) is 1. The number of thiazole rings is 1. The van der Waals surface area contributed by atoms with E-state index in [1.54, 1.807) is 11.3 Å². The number of hydrogen-bond acceptors (Lipinski definition) is 1. The van der Waals surface area contributed by atoms with Crippen LogP contribution in [0, 0.1) is 13.8 Å². The molecule has 3 aromatic rings. The van der Waals surface area contributed by atoms with E-state index >= 15 is 0 Å². The molecular weight excluding hydrogens is 216 g/mol. The van der Waals surface area contributed by atoms with E-state index in [1.807, 2.05) is 0 Å². The Bertz CT molecular complexity index is 632. The van der Waals surface area contributed by atoms with Crippen LogP contribution in [0.2, 0.25) is 0 Å². The zero-order valence-electron chi connectivity index (χ0n) is 9.32. The van der Waals surface area contributed by atoms with Gasteiger partial charge >= 0.3 is 4.96 Å². The van der Waals surface area contributed by atoms with Crippen molar-refractivity contribution in [3.63, 3.8) is 0 Å². The van der Waals surface area contributed by atoms with Crippen LogP contribution >= 0.6 is 11.3 Å². The molecule has 0 radical (unpaired) electrons. The Kier molecular flexibility index (Phi) is 2.07. The molecule has 1 aromatic carbocycles. The summed E-state index contributed by atoms with van der Waals surface area (Å²) in [5, 5.41) is 2.16. The molecule has 0 amide bonds. The van der Waals surface area contributed by atoms with E-state index in [0.29, 0.717) is 0 Å². The van der Waals surface area contributed by atoms with Crippen molar-refractivity contribution in [2.45, 2.75) is 13.8 Å². The highest BCUT2D eigenvalue weighted by Gasteiger charge is 2.13. The summed E-state index contributed by atoms with van der Waals surface area (Å²) in [5.74, 6) is 0. The van der Waals surface area contributed by atoms with Crippen LogP contribution in [0.1, 0.15) is 11.3 Å². The second-order valence-electron chi connectivity index (χ2n) is 4.09. The van der Waals surface area contributed by atoms with Gasteiger partial charge in [0.1, 0.15) is 11.9 Å². The van der Waals surface area contributed by atoms with Crippen LogP contribution in [0.4, 0.5) is 0 Å². The number of fused-ring (bicyclic) bond motifs is 1. The molecule has 0 spiro atoms. The molecule has 0 aliphatic rings. The lowest BCUT2D eigenvalue weighted by molar-refractivity contribution is -0.512. The highest BCUT2D eigenvalue weighted by atomic mass is 32.1. The summed E-state index contributed by atoms with van der Waals surface area (Å²) >= 11 is 1.74. The van der Waals surface area contributed by atoms with Gasteiger partial charge in [0.05, 0.1) is 0 Å². The average Bonchev–Trinajstić information content (AvgIpc) is 2.83. The number of benzene rings is 1. The van der Waals surface area contributed by atoms with E-state index in [4.69, 9.17) is 0 Å². The minimum Gasteiger partial charge on any atom is -0.227 e. The fourth-order valence-electron chi connectivity index (χ4n) is 1.82. The average molecular weight is 229 g/mol. The van der Waals surface area contributed by atoms with E-state index in [9.17, 15) is 0 Å². The predicted octanol–water partition coefficient (Wildman–Crippen LogP) is 3.10. The van der Waals surface area contributed by atoms with Crippen molar-refractivity contribution in [3.8, 4) is 11.3 Å². The lowest BCUT2D eigenvalue weighted by Gasteiger charge is -1.94. The molecule has 3 heteroatoms. The highest BCUT2D eigenvalue weighted by molar-refractivity contribution is 7.14. The second kappa shape index (κ2) is 3.46. The SMILES string of the molecule is Cc1ccc(-c2c[n+]3c(C)csc3[nH]2)cc1. The Balaban J connectivity index is 2.15. The van der Waals surface area contributed by atoms with Gasteiger partial charge in [-0.1, -0.05) is 41.2 Å². The van der Waals surface area contributed by atoms with E-state index < -0.39 is 0 Å². The minimum atomic E-state index is 1.18. The third-order valence-electron chi connectivity index (χ3n) is 2.80. The molecule has 16 heavy (non-hydrogen) atoms. The number of rotatable bonds is 1. The third-order valence-corrected chi connectivity index (χ3v) is 3.78. The summed E-state index contributed by atoms with van der Waals surface area (Å²) < 4.78 is 2.19. The van der Waals surface area contributed by atoms with Crippen molar-refractivity contribution >= 4 is 16.3 Å². The van der Waals surface area contributed by atoms with Crippen LogP contribution in [0.3, 0.4) is 0 Å². The molecule has 1 N–H and O–H groups in total. The van der Waals surface area contributed by atoms with Gasteiger partial charge in [0, 0.05) is 10.9 Å². The van der Waals surface area contributed by atoms with Crippen molar-refractivity contribution in [1.29, 1.82) is 0 Å². The molecule has 3 rings (SSSR count). The van der Waals surface area contributed by atoms with Gasteiger partial charge < -0.3 is 0 Å². The standard InChI is InChI=1S/C13H12N2S/c1-9-3-5-11(6-4-9)12-7-15-10(2)8-16-13(15)14-12/h3-8H,1-2H3/p+1. The van der Waals surface area contributed by atoms with Gasteiger partial charge in [-0.3, -0.25) is 0 Å². The number of imidazole rings is 1. The smallest absolute Gasteiger partial charge is 0.227 e. The van der Waals surface area contributed by atoms with E-state index in [2.05, 4.69) is 59.1 Å². The molecule has 0 saturated heterocycles. The minimum absolute atomic E-state index is 1.18. The Morgan fingerprint density at radius 1 is 1.12 bits per heavy atom. The first-order chi connectivity index (χ1) is 7.74. The summed E-state index contributed by atoms with van der Waals surface area (Å²) in [4.78, 5) is 4.62. The summed E-state index contributed by atoms with van der Waals surface area (Å²) in [7, 11) is 0. The molecule has 0 saturated carbocycles. The molecule has 0 aliphatic carbocycles. The predicted molar refractivity (Wildman–Crippen MR) is 66.7 cm³/mol. The summed E-state index contributed by atoms with van der Waals surface area (Å²) in [6, 6.07) is 8.59. The first-order valence-electron chi connectivity index (χ1n) is 5.29. The number of nitrogens with zero attached hydrogens (tertiary/aromatic N) is 1. The normalized spacial score (nSPS) is 11.1. The molecular formula is C13H13N2S+. The maximum Gasteiger partial charge on any atom is 0.344 e. The maximum absolute atomic E-state index is 3.43. The van der Waals surface area contributed by atoms with E-state index in [0.717, 1.165) is 0 Å². The molecule has 2 nitrogen and oxygen atoms in total. The van der Waals surface area contributed by atoms with Crippen LogP contribution in [0.25, 0.3) is 16.2 Å². The summed E-state index contributed by atoms with van der Waals surface area (Å²) in [5.41, 5.74) is 4.98. The summed E-state index contributed by atoms with van der Waals surface area (Å²) in [6.45, 7) is 4.23. The van der Waals surface area contributed by atoms with Crippen LogP contribution in [0.5, 0.6) is 0 Å². The zero-order valence-corrected chi connectivity index (χ0v) is 10.1. The van der Waals surface area contributed by atoms with Crippen LogP contribution in [0.15, 0.2) is 35.8 Å². The Morgan fingerprint density at radius 2 is 1.88 bits per heavy atom. The molecule has 80 valence electrons. The molecule has 0 unspecified atom stereocenters. The van der Waals surface area contributed by atoms with Gasteiger partial charge in [-0.25, -0.2) is 4.98 Å². The van der Waals surface area contributed by atoms with Gasteiger partial charge in [0.2, 0.25) is 0 Å². The fraction of sp³-hybridized carbons (Fsp3) is 0.154. The highest BCUT2D eigenvalue weighted by Crippen LogP contribution is 2.19. The van der Waals surface area contributed by atoms with E-state index in [1.165, 1.54) is 27.5 Å². The van der Waals surface area contributed by atoms with Gasteiger partial charge in [0.25, 0.3) is 0 Å². The van der Waals surface area contributed by atoms with Crippen molar-refractivity contribution in [2.75, 3.05) is 0 Å². The van der Waals surface area contributed by atoms with Crippen LogP contribution < -0.4 is 4.40 Å². The monoisotopic (exact) mass is 229 g/mol. The van der Waals surface area contributed by atoms with E-state index in [-0.39, 0.29) is 0 Å². The Morgan fingerprint density at radius 3 is 2.56 bits per heavy atom. The first kappa shape index (κ1) is 9.60. The van der Waals surface area contributed by atoms with Gasteiger partial charge in [-0.05, 0) is 13.8 Å². The molecule has 0 fully saturated rings. The Labute approximate surface area is 98.2 Å². The fourth-order valence-corrected chi connectivity index (χ4v) is 2.70. The first-order valence-corrected chi connectivity index (χ1v) is 6.17. The molecule has 0 aliphatic heterocycles. The molecule has 0 bridgehead atoms. The largest absolute Gasteiger partial charge is 0.344 e. The number of H-pyrrole nitrogens is 1. The van der Waals surface area contributed by atoms with Crippen LogP contribution in [-0.4, -0.2) is 4.98 Å². The van der Waals surface area contributed by atoms with Crippen molar-refractivity contribution < 1.29 is 4.40 Å². The van der Waals surface area contributed by atoms with Crippen molar-refractivity contribution in [3.05, 3.63) is 47.1 Å². The number of aromatic nitrogens is 2. The Hall–Kier alpha value is -1.61.